The molecular weight excluding hydrogens is 498 g/mol. The first-order chi connectivity index (χ1) is 19.3. The van der Waals surface area contributed by atoms with Gasteiger partial charge in [0.15, 0.2) is 5.78 Å². The van der Waals surface area contributed by atoms with Gasteiger partial charge in [-0.25, -0.2) is 4.79 Å². The third kappa shape index (κ3) is 6.79. The molecule has 0 saturated carbocycles. The average molecular weight is 540 g/mol. The predicted octanol–water partition coefficient (Wildman–Crippen LogP) is 6.96. The number of fused-ring (bicyclic) bond motifs is 2. The molecule has 0 radical (unpaired) electrons. The van der Waals surface area contributed by atoms with Crippen LogP contribution in [0.25, 0.3) is 10.9 Å². The Morgan fingerprint density at radius 3 is 2.55 bits per heavy atom. The lowest BCUT2D eigenvalue weighted by molar-refractivity contribution is 0.102. The number of amides is 1. The van der Waals surface area contributed by atoms with E-state index >= 15 is 0 Å². The number of para-hydroxylation sites is 1. The molecule has 1 fully saturated rings. The fraction of sp³-hybridized carbons (Fsp3) is 0.441. The zero-order valence-electron chi connectivity index (χ0n) is 23.8. The van der Waals surface area contributed by atoms with Gasteiger partial charge in [-0.2, -0.15) is 0 Å². The van der Waals surface area contributed by atoms with Crippen molar-refractivity contribution in [2.75, 3.05) is 13.1 Å². The summed E-state index contributed by atoms with van der Waals surface area (Å²) in [6.07, 6.45) is 8.70. The van der Waals surface area contributed by atoms with E-state index < -0.39 is 11.6 Å². The topological polar surface area (TPSA) is 82.5 Å². The Morgan fingerprint density at radius 1 is 1.07 bits per heavy atom. The molecule has 0 atom stereocenters. The van der Waals surface area contributed by atoms with Crippen molar-refractivity contribution in [3.05, 3.63) is 88.6 Å². The number of unbranched alkanes of at least 4 members (excludes halogenated alkanes) is 1. The van der Waals surface area contributed by atoms with E-state index in [9.17, 15) is 14.7 Å². The summed E-state index contributed by atoms with van der Waals surface area (Å²) in [4.78, 5) is 32.7. The Balaban J connectivity index is 1.22. The van der Waals surface area contributed by atoms with Crippen molar-refractivity contribution in [1.29, 1.82) is 0 Å². The second kappa shape index (κ2) is 12.3. The number of carboxylic acid groups (broad SMARTS) is 1. The smallest absolute Gasteiger partial charge is 0.405 e. The number of pyridine rings is 1. The van der Waals surface area contributed by atoms with E-state index in [-0.39, 0.29) is 5.78 Å². The lowest BCUT2D eigenvalue weighted by atomic mass is 9.81. The molecule has 2 heterocycles. The number of hydrogen-bond acceptors (Lipinski definition) is 4. The first-order valence-electron chi connectivity index (χ1n) is 14.7. The highest BCUT2D eigenvalue weighted by Gasteiger charge is 2.31. The molecule has 210 valence electrons. The summed E-state index contributed by atoms with van der Waals surface area (Å²) in [6.45, 7) is 7.08. The number of likely N-dealkylation sites (tertiary alicyclic amines) is 1. The number of benzene rings is 2. The number of ketones is 1. The van der Waals surface area contributed by atoms with Crippen molar-refractivity contribution in [1.82, 2.24) is 15.2 Å². The number of nitrogens with zero attached hydrogens (tertiary/aromatic N) is 2. The van der Waals surface area contributed by atoms with Gasteiger partial charge >= 0.3 is 6.09 Å². The van der Waals surface area contributed by atoms with Gasteiger partial charge in [0.25, 0.3) is 0 Å². The molecule has 6 nitrogen and oxygen atoms in total. The van der Waals surface area contributed by atoms with Crippen LogP contribution in [0.4, 0.5) is 4.79 Å². The van der Waals surface area contributed by atoms with Gasteiger partial charge in [0.1, 0.15) is 0 Å². The molecule has 2 N–H and O–H groups in total. The van der Waals surface area contributed by atoms with E-state index in [0.29, 0.717) is 18.4 Å². The second-order valence-electron chi connectivity index (χ2n) is 12.1. The summed E-state index contributed by atoms with van der Waals surface area (Å²) < 4.78 is 0. The van der Waals surface area contributed by atoms with Gasteiger partial charge in [0.05, 0.1) is 11.2 Å². The van der Waals surface area contributed by atoms with E-state index in [1.54, 1.807) is 0 Å². The molecular formula is C34H41N3O3. The maximum atomic E-state index is 13.8. The highest BCUT2D eigenvalue weighted by atomic mass is 16.4. The third-order valence-electron chi connectivity index (χ3n) is 8.45. The molecule has 0 unspecified atom stereocenters. The average Bonchev–Trinajstić information content (AvgIpc) is 2.92. The Labute approximate surface area is 237 Å². The van der Waals surface area contributed by atoms with Crippen LogP contribution in [0.15, 0.2) is 66.2 Å². The molecule has 1 aromatic heterocycles. The number of nitrogens with one attached hydrogen (secondary N) is 1. The summed E-state index contributed by atoms with van der Waals surface area (Å²) in [5, 5.41) is 12.9. The minimum Gasteiger partial charge on any atom is -0.465 e. The van der Waals surface area contributed by atoms with Crippen molar-refractivity contribution >= 4 is 22.8 Å². The molecule has 0 bridgehead atoms. The van der Waals surface area contributed by atoms with Gasteiger partial charge < -0.3 is 10.4 Å². The van der Waals surface area contributed by atoms with Gasteiger partial charge in [-0.3, -0.25) is 14.7 Å². The summed E-state index contributed by atoms with van der Waals surface area (Å²) in [5.74, 6) is 0.828. The standard InChI is InChI=1S/C34H41N3O3/c1-34(2,36-33(39)40)22-28-27-14-8-9-15-29(27)35-30-17-16-26(32(38)31(28)30)13-7-6-10-24-18-20-37(21-19-24)23-25-11-4-3-5-12-25/h3-5,8-9,11-15,24,36H,6-7,10,16-23H2,1-2H3,(H,39,40). The SMILES string of the molecule is CC(C)(Cc1c2c(nc3ccccc13)CCC(=CCCCC1CCN(Cc3ccccc3)CC1)C2=O)NC(=O)O. The Morgan fingerprint density at radius 2 is 1.80 bits per heavy atom. The number of carbonyl (C=O) groups excluding carboxylic acids is 1. The van der Waals surface area contributed by atoms with Crippen LogP contribution >= 0.6 is 0 Å². The number of Topliss-reactive ketones (excluding diaryl/α,β-unsaturated/α-hetero) is 1. The third-order valence-corrected chi connectivity index (χ3v) is 8.45. The number of rotatable bonds is 9. The molecule has 40 heavy (non-hydrogen) atoms. The van der Waals surface area contributed by atoms with Crippen LogP contribution in [0.5, 0.6) is 0 Å². The molecule has 2 aromatic carbocycles. The summed E-state index contributed by atoms with van der Waals surface area (Å²) >= 11 is 0. The summed E-state index contributed by atoms with van der Waals surface area (Å²) in [7, 11) is 0. The number of allylic oxidation sites excluding steroid dienone is 2. The maximum absolute atomic E-state index is 13.8. The highest BCUT2D eigenvalue weighted by molar-refractivity contribution is 6.13. The molecule has 1 aliphatic heterocycles. The van der Waals surface area contributed by atoms with Gasteiger partial charge in [-0.05, 0) is 101 Å². The molecule has 1 aliphatic carbocycles. The number of aryl methyl sites for hydroxylation is 1. The molecule has 1 saturated heterocycles. The fourth-order valence-corrected chi connectivity index (χ4v) is 6.42. The van der Waals surface area contributed by atoms with Crippen LogP contribution in [0.3, 0.4) is 0 Å². The summed E-state index contributed by atoms with van der Waals surface area (Å²) in [5.41, 5.74) is 4.83. The second-order valence-corrected chi connectivity index (χ2v) is 12.1. The van der Waals surface area contributed by atoms with E-state index in [1.807, 2.05) is 38.1 Å². The molecule has 5 rings (SSSR count). The van der Waals surface area contributed by atoms with Crippen molar-refractivity contribution in [3.8, 4) is 0 Å². The quantitative estimate of drug-likeness (QED) is 0.227. The Hall–Kier alpha value is -3.51. The van der Waals surface area contributed by atoms with Gasteiger partial charge in [-0.15, -0.1) is 0 Å². The van der Waals surface area contributed by atoms with Crippen LogP contribution in [0.2, 0.25) is 0 Å². The predicted molar refractivity (Wildman–Crippen MR) is 160 cm³/mol. The monoisotopic (exact) mass is 539 g/mol. The number of piperidine rings is 1. The van der Waals surface area contributed by atoms with Crippen molar-refractivity contribution in [2.45, 2.75) is 77.3 Å². The zero-order chi connectivity index (χ0) is 28.1. The number of hydrogen-bond donors (Lipinski definition) is 2. The Kier molecular flexibility index (Phi) is 8.65. The van der Waals surface area contributed by atoms with E-state index in [1.165, 1.54) is 24.8 Å². The highest BCUT2D eigenvalue weighted by Crippen LogP contribution is 2.34. The van der Waals surface area contributed by atoms with Crippen LogP contribution in [0, 0.1) is 5.92 Å². The molecule has 3 aromatic rings. The van der Waals surface area contributed by atoms with Crippen LogP contribution in [0.1, 0.15) is 79.6 Å². The van der Waals surface area contributed by atoms with E-state index in [0.717, 1.165) is 72.5 Å². The molecule has 2 aliphatic rings. The van der Waals surface area contributed by atoms with Crippen LogP contribution in [-0.2, 0) is 19.4 Å². The summed E-state index contributed by atoms with van der Waals surface area (Å²) in [6, 6.07) is 18.6. The largest absolute Gasteiger partial charge is 0.465 e. The normalized spacial score (nSPS) is 17.8. The Bertz CT molecular complexity index is 1390. The number of aromatic nitrogens is 1. The van der Waals surface area contributed by atoms with Crippen molar-refractivity contribution < 1.29 is 14.7 Å². The van der Waals surface area contributed by atoms with Crippen molar-refractivity contribution in [2.24, 2.45) is 5.92 Å². The number of carbonyl (C=O) groups is 2. The zero-order valence-corrected chi connectivity index (χ0v) is 23.8. The molecule has 1 amide bonds. The van der Waals surface area contributed by atoms with Crippen molar-refractivity contribution in [3.63, 3.8) is 0 Å². The van der Waals surface area contributed by atoms with Crippen LogP contribution in [-0.4, -0.2) is 45.5 Å². The van der Waals surface area contributed by atoms with Gasteiger partial charge in [0.2, 0.25) is 0 Å². The minimum atomic E-state index is -1.06. The molecule has 0 spiro atoms. The van der Waals surface area contributed by atoms with E-state index in [2.05, 4.69) is 46.6 Å². The fourth-order valence-electron chi connectivity index (χ4n) is 6.42. The van der Waals surface area contributed by atoms with Gasteiger partial charge in [0, 0.05) is 23.0 Å². The first kappa shape index (κ1) is 28.0. The minimum absolute atomic E-state index is 0.0647. The lowest BCUT2D eigenvalue weighted by Gasteiger charge is -2.32. The maximum Gasteiger partial charge on any atom is 0.405 e. The lowest BCUT2D eigenvalue weighted by Crippen LogP contribution is -2.44. The first-order valence-corrected chi connectivity index (χ1v) is 14.7. The molecule has 6 heteroatoms. The van der Waals surface area contributed by atoms with E-state index in [4.69, 9.17) is 4.98 Å². The van der Waals surface area contributed by atoms with Crippen LogP contribution < -0.4 is 5.32 Å². The van der Waals surface area contributed by atoms with Gasteiger partial charge in [-0.1, -0.05) is 61.0 Å².